The first-order valence-electron chi connectivity index (χ1n) is 38.7. The first-order valence-corrected chi connectivity index (χ1v) is 38.7. The minimum Gasteiger partial charge on any atom is -0.452 e. The van der Waals surface area contributed by atoms with Crippen molar-refractivity contribution in [1.82, 2.24) is 63.8 Å². The Bertz CT molecular complexity index is 3250. The molecule has 634 valence electrons. The minimum atomic E-state index is -1.86. The summed E-state index contributed by atoms with van der Waals surface area (Å²) in [5.41, 5.74) is 2.38. The number of carbonyl (C=O) groups excluding carboxylic acids is 15. The van der Waals surface area contributed by atoms with Crippen LogP contribution in [0.2, 0.25) is 0 Å². The average Bonchev–Trinajstić information content (AvgIpc) is 0.937. The van der Waals surface area contributed by atoms with Crippen molar-refractivity contribution in [3.63, 3.8) is 0 Å². The van der Waals surface area contributed by atoms with Gasteiger partial charge >= 0.3 is 30.3 Å². The van der Waals surface area contributed by atoms with E-state index in [0.29, 0.717) is 12.0 Å². The maximum absolute atomic E-state index is 15.4. The van der Waals surface area contributed by atoms with E-state index in [1.807, 2.05) is 6.92 Å². The normalized spacial score (nSPS) is 20.3. The van der Waals surface area contributed by atoms with Crippen LogP contribution in [0.1, 0.15) is 220 Å². The highest BCUT2D eigenvalue weighted by Gasteiger charge is 2.39. The second-order valence-electron chi connectivity index (χ2n) is 32.5. The number of alkyl carbamates (subject to hydrolysis) is 4. The number of nitrogens with one attached hydrogen (secondary N) is 12. The highest BCUT2D eigenvalue weighted by molar-refractivity contribution is 5.99. The highest BCUT2D eigenvalue weighted by Crippen LogP contribution is 2.20. The topological polar surface area (TPSA) is 513 Å². The molecule has 0 spiro atoms. The number of unbranched alkanes of at least 4 members (excludes halogenated alkanes) is 4. The Morgan fingerprint density at radius 1 is 0.536 bits per heavy atom. The number of esters is 1. The third-order valence-corrected chi connectivity index (χ3v) is 16.8. The van der Waals surface area contributed by atoms with Crippen molar-refractivity contribution < 1.29 is 106 Å². The van der Waals surface area contributed by atoms with Gasteiger partial charge in [-0.25, -0.2) is 19.2 Å². The van der Waals surface area contributed by atoms with E-state index in [0.717, 1.165) is 39.5 Å². The fourth-order valence-electron chi connectivity index (χ4n) is 11.3. The summed E-state index contributed by atoms with van der Waals surface area (Å²) in [4.78, 5) is 213. The van der Waals surface area contributed by atoms with Crippen molar-refractivity contribution in [3.05, 3.63) is 35.9 Å². The van der Waals surface area contributed by atoms with Crippen LogP contribution in [0, 0.1) is 17.8 Å². The van der Waals surface area contributed by atoms with Gasteiger partial charge in [0.15, 0.2) is 17.7 Å². The molecule has 16 N–H and O–H groups in total. The number of hydrogen-bond acceptors (Lipinski definition) is 23. The van der Waals surface area contributed by atoms with Crippen LogP contribution < -0.4 is 69.5 Å². The highest BCUT2D eigenvalue weighted by atomic mass is 16.6. The number of carbonyl (C=O) groups is 15. The molecule has 1 fully saturated rings. The van der Waals surface area contributed by atoms with Crippen LogP contribution in [0.3, 0.4) is 0 Å². The van der Waals surface area contributed by atoms with Gasteiger partial charge in [-0.3, -0.25) is 52.7 Å². The van der Waals surface area contributed by atoms with E-state index in [2.05, 4.69) is 63.8 Å². The number of benzene rings is 1. The first-order chi connectivity index (χ1) is 52.1. The molecule has 0 bridgehead atoms. The van der Waals surface area contributed by atoms with E-state index >= 15 is 19.2 Å². The number of hydrogen-bond donors (Lipinski definition) is 15. The number of nitrogens with two attached hydrogens (primary N) is 1. The zero-order chi connectivity index (χ0) is 84.9. The zero-order valence-electron chi connectivity index (χ0n) is 68.6. The second-order valence-corrected chi connectivity index (χ2v) is 32.5. The molecule has 12 atom stereocenters. The Hall–Kier alpha value is -9.25. The number of ketones is 2. The number of Topliss-reactive ketones (excluding diaryl/α,β-unsaturated/α-hetero) is 2. The fraction of sp³-hybridized carbons (Fsp3) is 0.727. The third kappa shape index (κ3) is 41.9. The predicted octanol–water partition coefficient (Wildman–Crippen LogP) is 3.38. The first kappa shape index (κ1) is 98.8. The number of rotatable bonds is 34. The van der Waals surface area contributed by atoms with E-state index in [9.17, 15) is 63.0 Å². The van der Waals surface area contributed by atoms with Crippen LogP contribution in [0.25, 0.3) is 0 Å². The van der Waals surface area contributed by atoms with Gasteiger partial charge in [-0.1, -0.05) is 76.8 Å². The molecule has 0 aliphatic carbocycles. The van der Waals surface area contributed by atoms with Crippen LogP contribution in [-0.2, 0) is 82.8 Å². The number of ether oxygens (including phenoxy) is 5. The molecule has 35 heteroatoms. The molecule has 1 heterocycles. The third-order valence-electron chi connectivity index (χ3n) is 16.8. The predicted molar refractivity (Wildman–Crippen MR) is 413 cm³/mol. The molecule has 1 aromatic rings. The molecule has 0 aromatic heterocycles. The van der Waals surface area contributed by atoms with Crippen LogP contribution >= 0.6 is 0 Å². The molecule has 1 aliphatic heterocycles. The largest absolute Gasteiger partial charge is 0.452 e. The lowest BCUT2D eigenvalue weighted by Crippen LogP contribution is -2.59. The number of aliphatic hydroxyl groups is 2. The summed E-state index contributed by atoms with van der Waals surface area (Å²) in [6.07, 6.45) is -8.86. The summed E-state index contributed by atoms with van der Waals surface area (Å²) in [6.45, 7) is 25.0. The lowest BCUT2D eigenvalue weighted by atomic mass is 9.92. The van der Waals surface area contributed by atoms with Crippen molar-refractivity contribution >= 4 is 89.2 Å². The Kier molecular flexibility index (Phi) is 42.9. The standard InChI is InChI=1S/C77H129N13O22/c1-18-19-20-21-25-28-59(95)108-58(29-35-78)67(101)90-61(47(5)92)69(103)85-52(33-39-82-72(106)111-76(12,13)14)57(94)43-49-30-36-79-68(102)60(46(4)91)89-63(97)50(31-37-80-70(104)109-74(6,7)8)44-56(93)51(32-38-81-71(105)110-75(9,10)11)84-65(99)54(41-45(2)3)87-66(100)55(42-48-26-23-22-24-27-48)88-64(98)53(86-62(49)96)34-40-83-73(107)112-77(15,16)17/h22-24,26-27,45-47,49-55,58,60-61,91-92H,18-21,25,28-44,78H2,1-17H3,(H,79,102)(H,80,104)(H,81,105)(H,82,106)(H,83,107)(H,84,99)(H,85,103)(H,86,96)(H,87,100)(H,88,98)(H,89,97)(H,90,101)/t46?,47?,49-,50-,51+,52+,53+,54+,55-,58+,60+,61+/m1/s1. The minimum absolute atomic E-state index is 0.0218. The summed E-state index contributed by atoms with van der Waals surface area (Å²) >= 11 is 0. The quantitative estimate of drug-likeness (QED) is 0.0267. The number of amides is 12. The van der Waals surface area contributed by atoms with E-state index in [-0.39, 0.29) is 64.1 Å². The molecule has 1 aromatic carbocycles. The zero-order valence-corrected chi connectivity index (χ0v) is 68.6. The van der Waals surface area contributed by atoms with Crippen LogP contribution in [-0.4, -0.2) is 222 Å². The monoisotopic (exact) mass is 1590 g/mol. The van der Waals surface area contributed by atoms with Gasteiger partial charge in [0.1, 0.15) is 52.6 Å². The molecule has 1 saturated heterocycles. The van der Waals surface area contributed by atoms with Crippen molar-refractivity contribution in [2.45, 2.75) is 303 Å². The van der Waals surface area contributed by atoms with Gasteiger partial charge in [0, 0.05) is 76.7 Å². The SMILES string of the molecule is CCCCCCCC(=O)O[C@@H](CCN)C(=O)N[C@H](C(=O)N[C@@H](CCNC(=O)OC(C)(C)C)C(=O)C[C@H]1CCNC(=O)[C@H](C(C)O)NC(=O)[C@H](CCNC(=O)OC(C)(C)C)CC(=O)[C@H](CCNC(=O)OC(C)(C)C)NC(=O)[C@H](CC(C)C)NC(=O)[C@@H](Cc2ccccc2)NC(=O)[C@H](CCNC(=O)OC(C)(C)C)NC1=O)C(C)O. The van der Waals surface area contributed by atoms with E-state index in [1.165, 1.54) is 0 Å². The van der Waals surface area contributed by atoms with Crippen molar-refractivity contribution in [3.8, 4) is 0 Å². The van der Waals surface area contributed by atoms with Crippen LogP contribution in [0.5, 0.6) is 0 Å². The Morgan fingerprint density at radius 2 is 1.01 bits per heavy atom. The van der Waals surface area contributed by atoms with E-state index in [4.69, 9.17) is 29.4 Å². The average molecular weight is 1590 g/mol. The molecular weight excluding hydrogens is 1460 g/mol. The van der Waals surface area contributed by atoms with Gasteiger partial charge in [-0.15, -0.1) is 0 Å². The summed E-state index contributed by atoms with van der Waals surface area (Å²) in [5, 5.41) is 53.2. The molecule has 0 saturated carbocycles. The smallest absolute Gasteiger partial charge is 0.407 e. The Balaban J connectivity index is 3.08. The molecule has 112 heavy (non-hydrogen) atoms. The fourth-order valence-corrected chi connectivity index (χ4v) is 11.3. The number of aliphatic hydroxyl groups excluding tert-OH is 2. The Morgan fingerprint density at radius 3 is 1.52 bits per heavy atom. The van der Waals surface area contributed by atoms with E-state index < -0.39 is 236 Å². The van der Waals surface area contributed by atoms with Gasteiger partial charge in [-0.05, 0) is 160 Å². The maximum Gasteiger partial charge on any atom is 0.407 e. The molecule has 12 amide bonds. The second kappa shape index (κ2) is 48.6. The van der Waals surface area contributed by atoms with Crippen LogP contribution in [0.4, 0.5) is 19.2 Å². The maximum atomic E-state index is 15.4. The molecule has 2 unspecified atom stereocenters. The van der Waals surface area contributed by atoms with Gasteiger partial charge in [-0.2, -0.15) is 0 Å². The molecule has 2 rings (SSSR count). The molecule has 0 radical (unpaired) electrons. The van der Waals surface area contributed by atoms with Gasteiger partial charge < -0.3 is 103 Å². The summed E-state index contributed by atoms with van der Waals surface area (Å²) in [5.74, 6) is -14.3. The summed E-state index contributed by atoms with van der Waals surface area (Å²) in [7, 11) is 0. The van der Waals surface area contributed by atoms with Gasteiger partial charge in [0.2, 0.25) is 41.4 Å². The summed E-state index contributed by atoms with van der Waals surface area (Å²) < 4.78 is 27.1. The van der Waals surface area contributed by atoms with Crippen molar-refractivity contribution in [1.29, 1.82) is 0 Å². The molecule has 1 aliphatic rings. The van der Waals surface area contributed by atoms with Gasteiger partial charge in [0.05, 0.1) is 24.3 Å². The van der Waals surface area contributed by atoms with Crippen LogP contribution in [0.15, 0.2) is 30.3 Å². The van der Waals surface area contributed by atoms with Crippen molar-refractivity contribution in [2.24, 2.45) is 23.5 Å². The van der Waals surface area contributed by atoms with Gasteiger partial charge in [0.25, 0.3) is 5.91 Å². The Labute approximate surface area is 658 Å². The summed E-state index contributed by atoms with van der Waals surface area (Å²) in [6, 6.07) is -3.45. The van der Waals surface area contributed by atoms with Crippen molar-refractivity contribution in [2.75, 3.05) is 39.3 Å². The van der Waals surface area contributed by atoms with E-state index in [1.54, 1.807) is 127 Å². The molecule has 35 nitrogen and oxygen atoms in total. The lowest BCUT2D eigenvalue weighted by molar-refractivity contribution is -0.157. The molecular formula is C77H129N13O22. The lowest BCUT2D eigenvalue weighted by Gasteiger charge is -2.29.